The van der Waals surface area contributed by atoms with Crippen LogP contribution in [0.3, 0.4) is 0 Å². The lowest BCUT2D eigenvalue weighted by molar-refractivity contribution is -0.123. The van der Waals surface area contributed by atoms with Gasteiger partial charge in [-0.1, -0.05) is 32.8 Å². The Kier molecular flexibility index (Phi) is 4.82. The summed E-state index contributed by atoms with van der Waals surface area (Å²) < 4.78 is 2.68. The monoisotopic (exact) mass is 385 g/mol. The Morgan fingerprint density at radius 2 is 2.22 bits per heavy atom. The van der Waals surface area contributed by atoms with Crippen LogP contribution < -0.4 is 10.9 Å². The first-order chi connectivity index (χ1) is 13.0. The van der Waals surface area contributed by atoms with Gasteiger partial charge in [0.25, 0.3) is 5.56 Å². The second-order valence-corrected chi connectivity index (χ2v) is 8.32. The molecule has 3 atom stereocenters. The maximum absolute atomic E-state index is 12.7. The molecule has 0 bridgehead atoms. The highest BCUT2D eigenvalue weighted by molar-refractivity contribution is 7.13. The second-order valence-electron chi connectivity index (χ2n) is 7.37. The first kappa shape index (κ1) is 17.9. The van der Waals surface area contributed by atoms with Crippen LogP contribution in [0.5, 0.6) is 0 Å². The molecule has 1 N–H and O–H groups in total. The molecular formula is C19H23N5O2S. The number of hydrogen-bond donors (Lipinski definition) is 1. The van der Waals surface area contributed by atoms with Gasteiger partial charge < -0.3 is 5.32 Å². The molecule has 4 rings (SSSR count). The van der Waals surface area contributed by atoms with Crippen LogP contribution in [0.2, 0.25) is 0 Å². The van der Waals surface area contributed by atoms with E-state index in [1.165, 1.54) is 21.9 Å². The van der Waals surface area contributed by atoms with Crippen LogP contribution in [0.15, 0.2) is 34.7 Å². The van der Waals surface area contributed by atoms with Crippen molar-refractivity contribution in [3.05, 3.63) is 40.3 Å². The molecule has 1 fully saturated rings. The van der Waals surface area contributed by atoms with Crippen molar-refractivity contribution in [1.82, 2.24) is 24.7 Å². The molecular weight excluding hydrogens is 362 g/mol. The maximum Gasteiger partial charge on any atom is 0.293 e. The topological polar surface area (TPSA) is 81.3 Å². The number of thiophene rings is 1. The highest BCUT2D eigenvalue weighted by atomic mass is 32.1. The molecule has 1 saturated carbocycles. The molecule has 3 aromatic rings. The fourth-order valence-electron chi connectivity index (χ4n) is 3.77. The summed E-state index contributed by atoms with van der Waals surface area (Å²) >= 11 is 1.56. The van der Waals surface area contributed by atoms with Crippen LogP contribution in [-0.4, -0.2) is 31.3 Å². The van der Waals surface area contributed by atoms with Gasteiger partial charge in [0.15, 0.2) is 0 Å². The van der Waals surface area contributed by atoms with Gasteiger partial charge in [-0.15, -0.1) is 11.3 Å². The van der Waals surface area contributed by atoms with Gasteiger partial charge >= 0.3 is 0 Å². The summed E-state index contributed by atoms with van der Waals surface area (Å²) in [6.07, 6.45) is 4.80. The fourth-order valence-corrected chi connectivity index (χ4v) is 4.45. The van der Waals surface area contributed by atoms with E-state index in [0.29, 0.717) is 17.4 Å². The Labute approximate surface area is 161 Å². The molecule has 8 heteroatoms. The lowest BCUT2D eigenvalue weighted by Gasteiger charge is -2.34. The van der Waals surface area contributed by atoms with Crippen molar-refractivity contribution in [2.45, 2.75) is 45.7 Å². The van der Waals surface area contributed by atoms with Crippen LogP contribution in [0.4, 0.5) is 0 Å². The Morgan fingerprint density at radius 3 is 3.00 bits per heavy atom. The van der Waals surface area contributed by atoms with Gasteiger partial charge in [-0.05, 0) is 35.8 Å². The number of nitrogens with zero attached hydrogens (tertiary/aromatic N) is 4. The van der Waals surface area contributed by atoms with Gasteiger partial charge in [-0.2, -0.15) is 10.2 Å². The van der Waals surface area contributed by atoms with Crippen LogP contribution in [0.25, 0.3) is 16.1 Å². The van der Waals surface area contributed by atoms with Gasteiger partial charge in [0.1, 0.15) is 24.1 Å². The van der Waals surface area contributed by atoms with Crippen LogP contribution in [0.1, 0.15) is 33.1 Å². The third-order valence-corrected chi connectivity index (χ3v) is 6.50. The van der Waals surface area contributed by atoms with E-state index in [2.05, 4.69) is 29.4 Å². The Morgan fingerprint density at radius 1 is 1.37 bits per heavy atom. The molecule has 0 aromatic carbocycles. The number of carbonyl (C=O) groups excluding carboxylic acids is 1. The highest BCUT2D eigenvalue weighted by Gasteiger charge is 2.28. The van der Waals surface area contributed by atoms with Crippen molar-refractivity contribution in [1.29, 1.82) is 0 Å². The van der Waals surface area contributed by atoms with E-state index in [9.17, 15) is 9.59 Å². The predicted molar refractivity (Wildman–Crippen MR) is 105 cm³/mol. The molecule has 3 aromatic heterocycles. The summed E-state index contributed by atoms with van der Waals surface area (Å²) in [5.41, 5.74) is 0.838. The zero-order valence-electron chi connectivity index (χ0n) is 15.5. The van der Waals surface area contributed by atoms with E-state index in [4.69, 9.17) is 0 Å². The predicted octanol–water partition coefficient (Wildman–Crippen LogP) is 2.56. The second kappa shape index (κ2) is 7.26. The number of fused-ring (bicyclic) bond motifs is 1. The number of nitrogens with one attached hydrogen (secondary N) is 1. The Bertz CT molecular complexity index is 1010. The molecule has 1 aliphatic rings. The third kappa shape index (κ3) is 3.53. The molecule has 0 radical (unpaired) electrons. The summed E-state index contributed by atoms with van der Waals surface area (Å²) in [5.74, 6) is 0.875. The average Bonchev–Trinajstić information content (AvgIpc) is 3.31. The van der Waals surface area contributed by atoms with Crippen LogP contribution in [-0.2, 0) is 11.3 Å². The number of rotatable bonds is 4. The van der Waals surface area contributed by atoms with E-state index in [1.807, 2.05) is 17.5 Å². The lowest BCUT2D eigenvalue weighted by atomic mass is 9.78. The largest absolute Gasteiger partial charge is 0.351 e. The van der Waals surface area contributed by atoms with Gasteiger partial charge in [-0.3, -0.25) is 9.59 Å². The Hall–Kier alpha value is -2.48. The van der Waals surface area contributed by atoms with Gasteiger partial charge in [-0.25, -0.2) is 9.20 Å². The number of amides is 1. The van der Waals surface area contributed by atoms with Crippen molar-refractivity contribution < 1.29 is 4.79 Å². The normalized spacial score (nSPS) is 22.8. The molecule has 1 aliphatic carbocycles. The molecule has 0 spiro atoms. The zero-order valence-corrected chi connectivity index (χ0v) is 16.3. The average molecular weight is 385 g/mol. The highest BCUT2D eigenvalue weighted by Crippen LogP contribution is 2.29. The third-order valence-electron chi connectivity index (χ3n) is 5.61. The van der Waals surface area contributed by atoms with Crippen molar-refractivity contribution >= 4 is 22.8 Å². The quantitative estimate of drug-likeness (QED) is 0.748. The maximum atomic E-state index is 12.7. The smallest absolute Gasteiger partial charge is 0.293 e. The van der Waals surface area contributed by atoms with E-state index in [-0.39, 0.29) is 24.1 Å². The Balaban J connectivity index is 1.52. The molecule has 142 valence electrons. The van der Waals surface area contributed by atoms with Crippen molar-refractivity contribution in [3.8, 4) is 10.6 Å². The minimum atomic E-state index is -0.312. The molecule has 1 amide bonds. The van der Waals surface area contributed by atoms with Crippen LogP contribution >= 0.6 is 11.3 Å². The van der Waals surface area contributed by atoms with Crippen molar-refractivity contribution in [2.75, 3.05) is 0 Å². The summed E-state index contributed by atoms with van der Waals surface area (Å²) in [5, 5.41) is 13.6. The minimum Gasteiger partial charge on any atom is -0.351 e. The minimum absolute atomic E-state index is 0.0769. The summed E-state index contributed by atoms with van der Waals surface area (Å²) in [6, 6.07) is 5.81. The zero-order chi connectivity index (χ0) is 19.0. The number of hydrogen-bond acceptors (Lipinski definition) is 5. The van der Waals surface area contributed by atoms with E-state index in [1.54, 1.807) is 17.4 Å². The van der Waals surface area contributed by atoms with Gasteiger partial charge in [0, 0.05) is 6.04 Å². The van der Waals surface area contributed by atoms with Crippen LogP contribution in [0, 0.1) is 11.8 Å². The first-order valence-corrected chi connectivity index (χ1v) is 10.2. The van der Waals surface area contributed by atoms with E-state index in [0.717, 1.165) is 23.4 Å². The number of aromatic nitrogens is 4. The molecule has 0 aliphatic heterocycles. The summed E-state index contributed by atoms with van der Waals surface area (Å²) in [6.45, 7) is 4.34. The lowest BCUT2D eigenvalue weighted by Crippen LogP contribution is -2.45. The van der Waals surface area contributed by atoms with Crippen molar-refractivity contribution in [2.24, 2.45) is 11.8 Å². The van der Waals surface area contributed by atoms with Gasteiger partial charge in [0.2, 0.25) is 5.91 Å². The molecule has 7 nitrogen and oxygen atoms in total. The summed E-state index contributed by atoms with van der Waals surface area (Å²) in [7, 11) is 0. The molecule has 27 heavy (non-hydrogen) atoms. The molecule has 3 heterocycles. The van der Waals surface area contributed by atoms with E-state index < -0.39 is 0 Å². The van der Waals surface area contributed by atoms with E-state index >= 15 is 0 Å². The number of carbonyl (C=O) groups is 1. The first-order valence-electron chi connectivity index (χ1n) is 9.31. The SMILES string of the molecule is C[C@@H]1[C@H](C)CCC[C@H]1NC(=O)Cn1ncn2nc(-c3cccs3)cc2c1=O. The fraction of sp³-hybridized carbons (Fsp3) is 0.474. The molecule has 0 unspecified atom stereocenters. The molecule has 0 saturated heterocycles. The summed E-state index contributed by atoms with van der Waals surface area (Å²) in [4.78, 5) is 26.2. The standard InChI is InChI=1S/C19H23N5O2S/c1-12-5-3-6-14(13(12)2)21-18(25)10-23-19(26)16-9-15(17-7-4-8-27-17)22-24(16)11-20-23/h4,7-9,11-14H,3,5-6,10H2,1-2H3,(H,21,25)/t12-,13-,14-/m1/s1. The van der Waals surface area contributed by atoms with Crippen molar-refractivity contribution in [3.63, 3.8) is 0 Å². The van der Waals surface area contributed by atoms with Gasteiger partial charge in [0.05, 0.1) is 4.88 Å².